The van der Waals surface area contributed by atoms with Crippen LogP contribution in [0.5, 0.6) is 5.75 Å². The number of hydrogen-bond acceptors (Lipinski definition) is 2. The SMILES string of the molecule is Oc1ccc(-c2[nH]ncc2I)cc1. The minimum atomic E-state index is 0.276. The lowest BCUT2D eigenvalue weighted by molar-refractivity contribution is 0.475. The van der Waals surface area contributed by atoms with Crippen LogP contribution in [0.2, 0.25) is 0 Å². The summed E-state index contributed by atoms with van der Waals surface area (Å²) in [5.74, 6) is 0.276. The monoisotopic (exact) mass is 286 g/mol. The Balaban J connectivity index is 2.47. The number of halogens is 1. The minimum Gasteiger partial charge on any atom is -0.508 e. The Hall–Kier alpha value is -1.04. The van der Waals surface area contributed by atoms with Crippen LogP contribution in [0.3, 0.4) is 0 Å². The number of hydrogen-bond donors (Lipinski definition) is 2. The normalized spacial score (nSPS) is 10.2. The fourth-order valence-electron chi connectivity index (χ4n) is 1.10. The van der Waals surface area contributed by atoms with Crippen molar-refractivity contribution >= 4 is 22.6 Å². The zero-order chi connectivity index (χ0) is 9.26. The van der Waals surface area contributed by atoms with Crippen LogP contribution >= 0.6 is 22.6 Å². The number of nitrogens with zero attached hydrogens (tertiary/aromatic N) is 1. The van der Waals surface area contributed by atoms with Gasteiger partial charge in [0.05, 0.1) is 15.5 Å². The van der Waals surface area contributed by atoms with E-state index in [-0.39, 0.29) is 5.75 Å². The van der Waals surface area contributed by atoms with Gasteiger partial charge in [0.1, 0.15) is 5.75 Å². The van der Waals surface area contributed by atoms with Gasteiger partial charge in [-0.15, -0.1) is 0 Å². The Bertz CT molecular complexity index is 408. The molecule has 0 radical (unpaired) electrons. The van der Waals surface area contributed by atoms with Crippen LogP contribution < -0.4 is 0 Å². The standard InChI is InChI=1S/C9H7IN2O/c10-8-5-11-12-9(8)6-1-3-7(13)4-2-6/h1-5,13H,(H,11,12). The van der Waals surface area contributed by atoms with Gasteiger partial charge in [-0.25, -0.2) is 0 Å². The van der Waals surface area contributed by atoms with Crippen LogP contribution in [0.15, 0.2) is 30.5 Å². The molecule has 66 valence electrons. The van der Waals surface area contributed by atoms with Crippen molar-refractivity contribution in [1.82, 2.24) is 10.2 Å². The van der Waals surface area contributed by atoms with Gasteiger partial charge in [0.15, 0.2) is 0 Å². The molecule has 1 aromatic carbocycles. The molecule has 1 aromatic heterocycles. The Morgan fingerprint density at radius 2 is 1.92 bits per heavy atom. The van der Waals surface area contributed by atoms with Crippen molar-refractivity contribution in [2.24, 2.45) is 0 Å². The van der Waals surface area contributed by atoms with Gasteiger partial charge >= 0.3 is 0 Å². The average Bonchev–Trinajstić information content (AvgIpc) is 2.53. The molecule has 0 amide bonds. The first-order valence-electron chi connectivity index (χ1n) is 3.75. The summed E-state index contributed by atoms with van der Waals surface area (Å²) in [4.78, 5) is 0. The van der Waals surface area contributed by atoms with E-state index in [1.807, 2.05) is 12.1 Å². The number of aromatic amines is 1. The number of aromatic nitrogens is 2. The number of aromatic hydroxyl groups is 1. The van der Waals surface area contributed by atoms with Gasteiger partial charge in [0.25, 0.3) is 0 Å². The molecular formula is C9H7IN2O. The van der Waals surface area contributed by atoms with Crippen LogP contribution in [-0.4, -0.2) is 15.3 Å². The third kappa shape index (κ3) is 1.67. The quantitative estimate of drug-likeness (QED) is 0.791. The largest absolute Gasteiger partial charge is 0.508 e. The number of nitrogens with one attached hydrogen (secondary N) is 1. The maximum atomic E-state index is 9.10. The molecule has 13 heavy (non-hydrogen) atoms. The van der Waals surface area contributed by atoms with E-state index in [0.717, 1.165) is 14.8 Å². The third-order valence-corrected chi connectivity index (χ3v) is 2.57. The van der Waals surface area contributed by atoms with Gasteiger partial charge in [0, 0.05) is 5.56 Å². The summed E-state index contributed by atoms with van der Waals surface area (Å²) < 4.78 is 1.07. The zero-order valence-corrected chi connectivity index (χ0v) is 8.82. The molecule has 0 bridgehead atoms. The highest BCUT2D eigenvalue weighted by Gasteiger charge is 2.03. The Morgan fingerprint density at radius 1 is 1.23 bits per heavy atom. The highest BCUT2D eigenvalue weighted by atomic mass is 127. The molecule has 0 saturated heterocycles. The summed E-state index contributed by atoms with van der Waals surface area (Å²) in [7, 11) is 0. The van der Waals surface area contributed by atoms with Gasteiger partial charge in [-0.1, -0.05) is 0 Å². The first kappa shape index (κ1) is 8.55. The summed E-state index contributed by atoms with van der Waals surface area (Å²) in [6, 6.07) is 7.02. The Kier molecular flexibility index (Phi) is 2.22. The van der Waals surface area contributed by atoms with E-state index in [4.69, 9.17) is 5.11 Å². The van der Waals surface area contributed by atoms with Crippen LogP contribution in [0.25, 0.3) is 11.3 Å². The second-order valence-corrected chi connectivity index (χ2v) is 3.80. The van der Waals surface area contributed by atoms with Gasteiger partial charge in [0.2, 0.25) is 0 Å². The zero-order valence-electron chi connectivity index (χ0n) is 6.66. The van der Waals surface area contributed by atoms with Crippen molar-refractivity contribution in [3.05, 3.63) is 34.0 Å². The lowest BCUT2D eigenvalue weighted by Crippen LogP contribution is -1.79. The van der Waals surface area contributed by atoms with Crippen molar-refractivity contribution in [2.45, 2.75) is 0 Å². The molecule has 1 heterocycles. The maximum Gasteiger partial charge on any atom is 0.115 e. The molecule has 0 atom stereocenters. The van der Waals surface area contributed by atoms with E-state index in [1.165, 1.54) is 0 Å². The van der Waals surface area contributed by atoms with E-state index in [1.54, 1.807) is 18.3 Å². The van der Waals surface area contributed by atoms with Gasteiger partial charge in [-0.05, 0) is 46.9 Å². The first-order chi connectivity index (χ1) is 6.27. The molecular weight excluding hydrogens is 279 g/mol. The predicted molar refractivity (Wildman–Crippen MR) is 58.4 cm³/mol. The van der Waals surface area contributed by atoms with Crippen molar-refractivity contribution < 1.29 is 5.11 Å². The van der Waals surface area contributed by atoms with E-state index in [9.17, 15) is 0 Å². The molecule has 0 saturated carbocycles. The number of phenolic OH excluding ortho intramolecular Hbond substituents is 1. The fraction of sp³-hybridized carbons (Fsp3) is 0. The molecule has 0 aliphatic carbocycles. The summed E-state index contributed by atoms with van der Waals surface area (Å²) in [6.45, 7) is 0. The second kappa shape index (κ2) is 3.37. The minimum absolute atomic E-state index is 0.276. The average molecular weight is 286 g/mol. The van der Waals surface area contributed by atoms with Crippen LogP contribution in [0, 0.1) is 3.57 Å². The molecule has 2 rings (SSSR count). The molecule has 0 fully saturated rings. The molecule has 4 heteroatoms. The lowest BCUT2D eigenvalue weighted by Gasteiger charge is -1.98. The van der Waals surface area contributed by atoms with Crippen LogP contribution in [0.1, 0.15) is 0 Å². The van der Waals surface area contributed by atoms with Gasteiger partial charge < -0.3 is 5.11 Å². The van der Waals surface area contributed by atoms with E-state index in [0.29, 0.717) is 0 Å². The number of rotatable bonds is 1. The first-order valence-corrected chi connectivity index (χ1v) is 4.83. The molecule has 0 aliphatic rings. The van der Waals surface area contributed by atoms with E-state index >= 15 is 0 Å². The summed E-state index contributed by atoms with van der Waals surface area (Å²) in [5.41, 5.74) is 2.01. The Morgan fingerprint density at radius 3 is 2.46 bits per heavy atom. The van der Waals surface area contributed by atoms with E-state index < -0.39 is 0 Å². The predicted octanol–water partition coefficient (Wildman–Crippen LogP) is 2.39. The van der Waals surface area contributed by atoms with Crippen molar-refractivity contribution in [3.8, 4) is 17.0 Å². The number of benzene rings is 1. The van der Waals surface area contributed by atoms with Crippen molar-refractivity contribution in [1.29, 1.82) is 0 Å². The smallest absolute Gasteiger partial charge is 0.115 e. The lowest BCUT2D eigenvalue weighted by atomic mass is 10.1. The Labute approximate surface area is 88.9 Å². The topological polar surface area (TPSA) is 48.9 Å². The van der Waals surface area contributed by atoms with Crippen LogP contribution in [-0.2, 0) is 0 Å². The molecule has 2 N–H and O–H groups in total. The molecule has 3 nitrogen and oxygen atoms in total. The highest BCUT2D eigenvalue weighted by Crippen LogP contribution is 2.23. The number of H-pyrrole nitrogens is 1. The fourth-order valence-corrected chi connectivity index (χ4v) is 1.67. The number of phenols is 1. The van der Waals surface area contributed by atoms with Gasteiger partial charge in [-0.2, -0.15) is 5.10 Å². The summed E-state index contributed by atoms with van der Waals surface area (Å²) >= 11 is 2.21. The molecule has 2 aromatic rings. The second-order valence-electron chi connectivity index (χ2n) is 2.64. The molecule has 0 spiro atoms. The molecule has 0 unspecified atom stereocenters. The van der Waals surface area contributed by atoms with Crippen molar-refractivity contribution in [3.63, 3.8) is 0 Å². The maximum absolute atomic E-state index is 9.10. The van der Waals surface area contributed by atoms with Gasteiger partial charge in [-0.3, -0.25) is 5.10 Å². The molecule has 0 aliphatic heterocycles. The highest BCUT2D eigenvalue weighted by molar-refractivity contribution is 14.1. The van der Waals surface area contributed by atoms with Crippen LogP contribution in [0.4, 0.5) is 0 Å². The third-order valence-electron chi connectivity index (χ3n) is 1.75. The van der Waals surface area contributed by atoms with Crippen molar-refractivity contribution in [2.75, 3.05) is 0 Å². The summed E-state index contributed by atoms with van der Waals surface area (Å²) in [5, 5.41) is 15.9. The van der Waals surface area contributed by atoms with E-state index in [2.05, 4.69) is 32.8 Å². The summed E-state index contributed by atoms with van der Waals surface area (Å²) in [6.07, 6.45) is 1.77.